The van der Waals surface area contributed by atoms with Crippen LogP contribution in [0.5, 0.6) is 5.75 Å². The maximum Gasteiger partial charge on any atom is 0.257 e. The largest absolute Gasteiger partial charge is 0.483 e. The Morgan fingerprint density at radius 2 is 1.86 bits per heavy atom. The number of ether oxygens (including phenoxy) is 1. The fraction of sp³-hybridized carbons (Fsp3) is 0.188. The summed E-state index contributed by atoms with van der Waals surface area (Å²) >= 11 is 9.19. The van der Waals surface area contributed by atoms with Crippen LogP contribution in [0.2, 0.25) is 5.02 Å². The second-order valence-corrected chi connectivity index (χ2v) is 5.74. The summed E-state index contributed by atoms with van der Waals surface area (Å²) in [6, 6.07) is 15.0. The van der Waals surface area contributed by atoms with Crippen LogP contribution in [0.3, 0.4) is 0 Å². The predicted octanol–water partition coefficient (Wildman–Crippen LogP) is 3.84. The van der Waals surface area contributed by atoms with E-state index in [1.807, 2.05) is 48.5 Å². The minimum Gasteiger partial charge on any atom is -0.483 e. The Hall–Kier alpha value is -1.52. The van der Waals surface area contributed by atoms with Gasteiger partial charge in [-0.05, 0) is 52.2 Å². The van der Waals surface area contributed by atoms with Crippen molar-refractivity contribution in [2.24, 2.45) is 0 Å². The quantitative estimate of drug-likeness (QED) is 0.841. The third-order valence-electron chi connectivity index (χ3n) is 2.84. The van der Waals surface area contributed by atoms with Gasteiger partial charge in [-0.1, -0.05) is 35.9 Å². The lowest BCUT2D eigenvalue weighted by Gasteiger charge is -2.08. The maximum absolute atomic E-state index is 11.7. The van der Waals surface area contributed by atoms with Gasteiger partial charge in [0.05, 0.1) is 4.47 Å². The molecule has 2 aromatic rings. The first-order chi connectivity index (χ1) is 10.1. The van der Waals surface area contributed by atoms with E-state index in [1.54, 1.807) is 0 Å². The highest BCUT2D eigenvalue weighted by Gasteiger charge is 2.04. The molecule has 110 valence electrons. The van der Waals surface area contributed by atoms with Crippen molar-refractivity contribution in [3.05, 3.63) is 63.6 Å². The van der Waals surface area contributed by atoms with Crippen LogP contribution < -0.4 is 10.1 Å². The van der Waals surface area contributed by atoms with Gasteiger partial charge in [-0.2, -0.15) is 0 Å². The number of amides is 1. The zero-order valence-corrected chi connectivity index (χ0v) is 13.7. The van der Waals surface area contributed by atoms with Gasteiger partial charge in [0.2, 0.25) is 0 Å². The normalized spacial score (nSPS) is 10.2. The minimum absolute atomic E-state index is 0.00321. The van der Waals surface area contributed by atoms with E-state index in [1.165, 1.54) is 0 Å². The number of carbonyl (C=O) groups is 1. The molecule has 3 nitrogen and oxygen atoms in total. The van der Waals surface area contributed by atoms with Crippen molar-refractivity contribution in [2.75, 3.05) is 13.2 Å². The van der Waals surface area contributed by atoms with Crippen LogP contribution in [0.15, 0.2) is 53.0 Å². The Labute approximate surface area is 137 Å². The minimum atomic E-state index is -0.139. The zero-order chi connectivity index (χ0) is 15.1. The summed E-state index contributed by atoms with van der Waals surface area (Å²) in [4.78, 5) is 11.7. The molecule has 0 aromatic heterocycles. The molecule has 2 rings (SSSR count). The average Bonchev–Trinajstić information content (AvgIpc) is 2.48. The molecule has 0 unspecified atom stereocenters. The van der Waals surface area contributed by atoms with Gasteiger partial charge < -0.3 is 10.1 Å². The van der Waals surface area contributed by atoms with E-state index in [0.29, 0.717) is 17.3 Å². The van der Waals surface area contributed by atoms with Crippen molar-refractivity contribution in [3.63, 3.8) is 0 Å². The highest BCUT2D eigenvalue weighted by Crippen LogP contribution is 2.23. The van der Waals surface area contributed by atoms with Gasteiger partial charge in [0.1, 0.15) is 5.75 Å². The lowest BCUT2D eigenvalue weighted by molar-refractivity contribution is -0.123. The SMILES string of the molecule is O=C(COc1ccccc1Br)NCCc1ccc(Cl)cc1. The Kier molecular flexibility index (Phi) is 6.08. The first kappa shape index (κ1) is 15.9. The fourth-order valence-electron chi connectivity index (χ4n) is 1.75. The standard InChI is InChI=1S/C16H15BrClNO2/c17-14-3-1-2-4-15(14)21-11-16(20)19-10-9-12-5-7-13(18)8-6-12/h1-8H,9-11H2,(H,19,20). The average molecular weight is 369 g/mol. The first-order valence-corrected chi connectivity index (χ1v) is 7.71. The second-order valence-electron chi connectivity index (χ2n) is 4.45. The molecule has 0 saturated heterocycles. The van der Waals surface area contributed by atoms with Crippen molar-refractivity contribution in [2.45, 2.75) is 6.42 Å². The molecule has 1 N–H and O–H groups in total. The number of benzene rings is 2. The van der Waals surface area contributed by atoms with E-state index in [4.69, 9.17) is 16.3 Å². The van der Waals surface area contributed by atoms with Crippen LogP contribution in [0, 0.1) is 0 Å². The van der Waals surface area contributed by atoms with Crippen LogP contribution in [-0.4, -0.2) is 19.1 Å². The smallest absolute Gasteiger partial charge is 0.257 e. The van der Waals surface area contributed by atoms with Gasteiger partial charge in [-0.15, -0.1) is 0 Å². The van der Waals surface area contributed by atoms with Crippen molar-refractivity contribution >= 4 is 33.4 Å². The molecule has 0 heterocycles. The van der Waals surface area contributed by atoms with Gasteiger partial charge in [-0.3, -0.25) is 4.79 Å². The van der Waals surface area contributed by atoms with Gasteiger partial charge >= 0.3 is 0 Å². The van der Waals surface area contributed by atoms with Gasteiger partial charge in [0.25, 0.3) is 5.91 Å². The van der Waals surface area contributed by atoms with Crippen molar-refractivity contribution < 1.29 is 9.53 Å². The molecule has 0 atom stereocenters. The van der Waals surface area contributed by atoms with E-state index in [9.17, 15) is 4.79 Å². The summed E-state index contributed by atoms with van der Waals surface area (Å²) < 4.78 is 6.27. The maximum atomic E-state index is 11.7. The molecule has 0 radical (unpaired) electrons. The second kappa shape index (κ2) is 8.05. The molecule has 0 aliphatic carbocycles. The summed E-state index contributed by atoms with van der Waals surface area (Å²) in [6.45, 7) is 0.572. The van der Waals surface area contributed by atoms with E-state index >= 15 is 0 Å². The van der Waals surface area contributed by atoms with E-state index in [-0.39, 0.29) is 12.5 Å². The molecule has 0 aliphatic rings. The molecule has 21 heavy (non-hydrogen) atoms. The van der Waals surface area contributed by atoms with E-state index in [2.05, 4.69) is 21.2 Å². The van der Waals surface area contributed by atoms with E-state index < -0.39 is 0 Å². The molecule has 0 aliphatic heterocycles. The van der Waals surface area contributed by atoms with Gasteiger partial charge in [0, 0.05) is 11.6 Å². The van der Waals surface area contributed by atoms with Crippen LogP contribution in [0.4, 0.5) is 0 Å². The van der Waals surface area contributed by atoms with Crippen molar-refractivity contribution in [1.82, 2.24) is 5.32 Å². The summed E-state index contributed by atoms with van der Waals surface area (Å²) in [7, 11) is 0. The van der Waals surface area contributed by atoms with Crippen LogP contribution in [-0.2, 0) is 11.2 Å². The van der Waals surface area contributed by atoms with Crippen molar-refractivity contribution in [1.29, 1.82) is 0 Å². The highest BCUT2D eigenvalue weighted by molar-refractivity contribution is 9.10. The summed E-state index contributed by atoms with van der Waals surface area (Å²) in [5.41, 5.74) is 1.13. The van der Waals surface area contributed by atoms with Crippen LogP contribution >= 0.6 is 27.5 Å². The number of halogens is 2. The molecule has 0 saturated carbocycles. The number of carbonyl (C=O) groups excluding carboxylic acids is 1. The third kappa shape index (κ3) is 5.40. The molecule has 2 aromatic carbocycles. The summed E-state index contributed by atoms with van der Waals surface area (Å²) in [5.74, 6) is 0.519. The Morgan fingerprint density at radius 3 is 2.57 bits per heavy atom. The molecule has 1 amide bonds. The van der Waals surface area contributed by atoms with Crippen LogP contribution in [0.25, 0.3) is 0 Å². The van der Waals surface area contributed by atoms with E-state index in [0.717, 1.165) is 16.5 Å². The summed E-state index contributed by atoms with van der Waals surface area (Å²) in [5, 5.41) is 3.54. The molecule has 0 spiro atoms. The number of hydrogen-bond donors (Lipinski definition) is 1. The predicted molar refractivity (Wildman–Crippen MR) is 87.8 cm³/mol. The number of rotatable bonds is 6. The lowest BCUT2D eigenvalue weighted by Crippen LogP contribution is -2.30. The Bertz CT molecular complexity index is 601. The third-order valence-corrected chi connectivity index (χ3v) is 3.75. The molecular weight excluding hydrogens is 354 g/mol. The van der Waals surface area contributed by atoms with Crippen LogP contribution in [0.1, 0.15) is 5.56 Å². The Morgan fingerprint density at radius 1 is 1.14 bits per heavy atom. The highest BCUT2D eigenvalue weighted by atomic mass is 79.9. The molecule has 0 bridgehead atoms. The number of nitrogens with one attached hydrogen (secondary N) is 1. The molecule has 0 fully saturated rings. The fourth-order valence-corrected chi connectivity index (χ4v) is 2.28. The molecular formula is C16H15BrClNO2. The van der Waals surface area contributed by atoms with Gasteiger partial charge in [0.15, 0.2) is 6.61 Å². The van der Waals surface area contributed by atoms with Crippen molar-refractivity contribution in [3.8, 4) is 5.75 Å². The number of para-hydroxylation sites is 1. The first-order valence-electron chi connectivity index (χ1n) is 6.53. The topological polar surface area (TPSA) is 38.3 Å². The Balaban J connectivity index is 1.70. The zero-order valence-electron chi connectivity index (χ0n) is 11.3. The van der Waals surface area contributed by atoms with Gasteiger partial charge in [-0.25, -0.2) is 0 Å². The molecule has 5 heteroatoms. The number of hydrogen-bond acceptors (Lipinski definition) is 2. The monoisotopic (exact) mass is 367 g/mol. The lowest BCUT2D eigenvalue weighted by atomic mass is 10.1. The summed E-state index contributed by atoms with van der Waals surface area (Å²) in [6.07, 6.45) is 0.762.